The third kappa shape index (κ3) is 2.91. The van der Waals surface area contributed by atoms with E-state index in [1.165, 1.54) is 23.3 Å². The smallest absolute Gasteiger partial charge is 0.261 e. The molecule has 1 aromatic rings. The summed E-state index contributed by atoms with van der Waals surface area (Å²) in [7, 11) is 0. The van der Waals surface area contributed by atoms with Crippen LogP contribution in [0.25, 0.3) is 0 Å². The van der Waals surface area contributed by atoms with E-state index in [1.54, 1.807) is 11.3 Å². The normalized spacial score (nSPS) is 15.6. The van der Waals surface area contributed by atoms with Gasteiger partial charge in [-0.3, -0.25) is 4.79 Å². The van der Waals surface area contributed by atoms with E-state index in [0.29, 0.717) is 6.42 Å². The Balaban J connectivity index is 2.04. The van der Waals surface area contributed by atoms with Gasteiger partial charge in [-0.1, -0.05) is 6.92 Å². The highest BCUT2D eigenvalue weighted by Crippen LogP contribution is 2.29. The highest BCUT2D eigenvalue weighted by atomic mass is 32.1. The van der Waals surface area contributed by atoms with Crippen molar-refractivity contribution in [3.05, 3.63) is 21.4 Å². The standard InChI is InChI=1S/C14H18N2OS/c1-2-11(7-8-15)16-14(17)13-9-10-5-3-4-6-12(10)18-13/h9,11H,2-7H2,1H3,(H,16,17). The first-order chi connectivity index (χ1) is 8.74. The molecule has 0 bridgehead atoms. The van der Waals surface area contributed by atoms with Crippen LogP contribution in [0.3, 0.4) is 0 Å². The Labute approximate surface area is 112 Å². The predicted octanol–water partition coefficient (Wildman–Crippen LogP) is 3.05. The maximum Gasteiger partial charge on any atom is 0.261 e. The second-order valence-corrected chi connectivity index (χ2v) is 5.84. The van der Waals surface area contributed by atoms with E-state index in [1.807, 2.05) is 13.0 Å². The van der Waals surface area contributed by atoms with Gasteiger partial charge >= 0.3 is 0 Å². The van der Waals surface area contributed by atoms with Crippen molar-refractivity contribution < 1.29 is 4.79 Å². The molecule has 0 radical (unpaired) electrons. The van der Waals surface area contributed by atoms with E-state index in [0.717, 1.165) is 24.1 Å². The van der Waals surface area contributed by atoms with Gasteiger partial charge in [0.25, 0.3) is 5.91 Å². The van der Waals surface area contributed by atoms with Crippen LogP contribution in [0.5, 0.6) is 0 Å². The van der Waals surface area contributed by atoms with Gasteiger partial charge in [-0.15, -0.1) is 11.3 Å². The number of nitrogens with zero attached hydrogens (tertiary/aromatic N) is 1. The van der Waals surface area contributed by atoms with E-state index < -0.39 is 0 Å². The van der Waals surface area contributed by atoms with Crippen molar-refractivity contribution in [1.29, 1.82) is 5.26 Å². The molecule has 1 atom stereocenters. The molecular weight excluding hydrogens is 244 g/mol. The molecule has 3 nitrogen and oxygen atoms in total. The number of fused-ring (bicyclic) bond motifs is 1. The van der Waals surface area contributed by atoms with Crippen LogP contribution in [0.4, 0.5) is 0 Å². The van der Waals surface area contributed by atoms with Crippen molar-refractivity contribution in [2.45, 2.75) is 51.5 Å². The van der Waals surface area contributed by atoms with Crippen LogP contribution in [0.15, 0.2) is 6.07 Å². The minimum Gasteiger partial charge on any atom is -0.348 e. The van der Waals surface area contributed by atoms with Gasteiger partial charge in [0.1, 0.15) is 0 Å². The Morgan fingerprint density at radius 2 is 2.33 bits per heavy atom. The molecule has 0 saturated carbocycles. The number of amides is 1. The van der Waals surface area contributed by atoms with Gasteiger partial charge in [0.2, 0.25) is 0 Å². The molecule has 0 saturated heterocycles. The predicted molar refractivity (Wildman–Crippen MR) is 72.7 cm³/mol. The Hall–Kier alpha value is -1.34. The molecule has 0 fully saturated rings. The average Bonchev–Trinajstić information content (AvgIpc) is 2.82. The van der Waals surface area contributed by atoms with Crippen molar-refractivity contribution in [1.82, 2.24) is 5.32 Å². The lowest BCUT2D eigenvalue weighted by molar-refractivity contribution is 0.0940. The largest absolute Gasteiger partial charge is 0.348 e. The van der Waals surface area contributed by atoms with Gasteiger partial charge in [-0.25, -0.2) is 0 Å². The van der Waals surface area contributed by atoms with Crippen LogP contribution in [0, 0.1) is 11.3 Å². The maximum atomic E-state index is 12.1. The van der Waals surface area contributed by atoms with Gasteiger partial charge < -0.3 is 5.32 Å². The number of carbonyl (C=O) groups excluding carboxylic acids is 1. The summed E-state index contributed by atoms with van der Waals surface area (Å²) in [6.07, 6.45) is 5.87. The van der Waals surface area contributed by atoms with Crippen LogP contribution in [0.2, 0.25) is 0 Å². The average molecular weight is 262 g/mol. The maximum absolute atomic E-state index is 12.1. The van der Waals surface area contributed by atoms with Crippen molar-refractivity contribution in [2.24, 2.45) is 0 Å². The number of nitriles is 1. The number of hydrogen-bond donors (Lipinski definition) is 1. The fraction of sp³-hybridized carbons (Fsp3) is 0.571. The molecule has 0 spiro atoms. The van der Waals surface area contributed by atoms with Crippen LogP contribution in [0.1, 0.15) is 52.7 Å². The monoisotopic (exact) mass is 262 g/mol. The first-order valence-electron chi connectivity index (χ1n) is 6.54. The van der Waals surface area contributed by atoms with Gasteiger partial charge in [-0.2, -0.15) is 5.26 Å². The van der Waals surface area contributed by atoms with E-state index >= 15 is 0 Å². The number of thiophene rings is 1. The fourth-order valence-electron chi connectivity index (χ4n) is 2.27. The minimum absolute atomic E-state index is 0.0171. The second-order valence-electron chi connectivity index (χ2n) is 4.71. The summed E-state index contributed by atoms with van der Waals surface area (Å²) >= 11 is 1.62. The zero-order valence-electron chi connectivity index (χ0n) is 10.7. The Kier molecular flexibility index (Phi) is 4.38. The van der Waals surface area contributed by atoms with E-state index in [9.17, 15) is 4.79 Å². The van der Waals surface area contributed by atoms with Gasteiger partial charge in [0.15, 0.2) is 0 Å². The first kappa shape index (κ1) is 13.1. The molecule has 1 amide bonds. The summed E-state index contributed by atoms with van der Waals surface area (Å²) in [6, 6.07) is 4.12. The van der Waals surface area contributed by atoms with E-state index in [4.69, 9.17) is 5.26 Å². The lowest BCUT2D eigenvalue weighted by Gasteiger charge is -2.12. The summed E-state index contributed by atoms with van der Waals surface area (Å²) in [5.74, 6) is -0.0171. The molecule has 1 N–H and O–H groups in total. The summed E-state index contributed by atoms with van der Waals surface area (Å²) in [5, 5.41) is 11.6. The van der Waals surface area contributed by atoms with Crippen molar-refractivity contribution >= 4 is 17.2 Å². The fourth-order valence-corrected chi connectivity index (χ4v) is 3.42. The lowest BCUT2D eigenvalue weighted by atomic mass is 9.99. The van der Waals surface area contributed by atoms with Gasteiger partial charge in [0.05, 0.1) is 17.4 Å². The summed E-state index contributed by atoms with van der Waals surface area (Å²) in [5.41, 5.74) is 1.35. The highest BCUT2D eigenvalue weighted by Gasteiger charge is 2.18. The van der Waals surface area contributed by atoms with Crippen LogP contribution in [-0.2, 0) is 12.8 Å². The lowest BCUT2D eigenvalue weighted by Crippen LogP contribution is -2.33. The zero-order chi connectivity index (χ0) is 13.0. The van der Waals surface area contributed by atoms with Crippen molar-refractivity contribution in [3.8, 4) is 6.07 Å². The Morgan fingerprint density at radius 3 is 3.00 bits per heavy atom. The molecule has 1 heterocycles. The molecule has 1 unspecified atom stereocenters. The Morgan fingerprint density at radius 1 is 1.56 bits per heavy atom. The summed E-state index contributed by atoms with van der Waals surface area (Å²) in [4.78, 5) is 14.3. The topological polar surface area (TPSA) is 52.9 Å². The quantitative estimate of drug-likeness (QED) is 0.906. The van der Waals surface area contributed by atoms with Gasteiger partial charge in [0, 0.05) is 10.9 Å². The minimum atomic E-state index is -0.0263. The van der Waals surface area contributed by atoms with Crippen molar-refractivity contribution in [3.63, 3.8) is 0 Å². The molecule has 4 heteroatoms. The molecule has 1 aromatic heterocycles. The summed E-state index contributed by atoms with van der Waals surface area (Å²) in [6.45, 7) is 1.99. The molecule has 96 valence electrons. The van der Waals surface area contributed by atoms with Crippen molar-refractivity contribution in [2.75, 3.05) is 0 Å². The summed E-state index contributed by atoms with van der Waals surface area (Å²) < 4.78 is 0. The van der Waals surface area contributed by atoms with Crippen LogP contribution >= 0.6 is 11.3 Å². The number of rotatable bonds is 4. The van der Waals surface area contributed by atoms with Gasteiger partial charge in [-0.05, 0) is 43.7 Å². The van der Waals surface area contributed by atoms with Crippen LogP contribution < -0.4 is 5.32 Å². The molecule has 1 aliphatic carbocycles. The van der Waals surface area contributed by atoms with E-state index in [-0.39, 0.29) is 11.9 Å². The molecule has 18 heavy (non-hydrogen) atoms. The Bertz CT molecular complexity index is 449. The number of hydrogen-bond acceptors (Lipinski definition) is 3. The molecule has 0 aromatic carbocycles. The third-order valence-electron chi connectivity index (χ3n) is 3.39. The highest BCUT2D eigenvalue weighted by molar-refractivity contribution is 7.14. The molecular formula is C14H18N2OS. The van der Waals surface area contributed by atoms with E-state index in [2.05, 4.69) is 11.4 Å². The van der Waals surface area contributed by atoms with Crippen LogP contribution in [-0.4, -0.2) is 11.9 Å². The second kappa shape index (κ2) is 6.01. The first-order valence-corrected chi connectivity index (χ1v) is 7.35. The SMILES string of the molecule is CCC(CC#N)NC(=O)c1cc2c(s1)CCCC2. The zero-order valence-corrected chi connectivity index (χ0v) is 11.5. The number of nitrogens with one attached hydrogen (secondary N) is 1. The molecule has 2 rings (SSSR count). The number of aryl methyl sites for hydroxylation is 2. The molecule has 1 aliphatic rings. The third-order valence-corrected chi connectivity index (χ3v) is 4.62. The number of carbonyl (C=O) groups is 1. The molecule has 0 aliphatic heterocycles.